The summed E-state index contributed by atoms with van der Waals surface area (Å²) < 4.78 is 1.41. The Morgan fingerprint density at radius 2 is 2.15 bits per heavy atom. The fourth-order valence-electron chi connectivity index (χ4n) is 1.02. The number of nitrogens with two attached hydrogens (primary N) is 1. The fourth-order valence-corrected chi connectivity index (χ4v) is 1.02. The van der Waals surface area contributed by atoms with E-state index in [1.165, 1.54) is 10.7 Å². The molecule has 4 heteroatoms. The van der Waals surface area contributed by atoms with Crippen molar-refractivity contribution in [3.63, 3.8) is 0 Å². The van der Waals surface area contributed by atoms with Gasteiger partial charge in [-0.3, -0.25) is 4.79 Å². The van der Waals surface area contributed by atoms with Crippen molar-refractivity contribution in [2.24, 2.45) is 5.73 Å². The Bertz CT molecular complexity index is 349. The molecule has 0 aliphatic carbocycles. The largest absolute Gasteiger partial charge is 0.321 e. The first-order valence-corrected chi connectivity index (χ1v) is 4.32. The summed E-state index contributed by atoms with van der Waals surface area (Å²) in [4.78, 5) is 11.2. The Kier molecular flexibility index (Phi) is 2.52. The molecule has 2 N–H and O–H groups in total. The van der Waals surface area contributed by atoms with Crippen molar-refractivity contribution < 1.29 is 0 Å². The summed E-state index contributed by atoms with van der Waals surface area (Å²) in [5, 5.41) is 4.14. The molecule has 1 aromatic heterocycles. The van der Waals surface area contributed by atoms with E-state index in [2.05, 4.69) is 5.10 Å². The van der Waals surface area contributed by atoms with E-state index in [1.54, 1.807) is 6.07 Å². The molecule has 1 rings (SSSR count). The highest BCUT2D eigenvalue weighted by Gasteiger charge is 2.16. The topological polar surface area (TPSA) is 60.9 Å². The van der Waals surface area contributed by atoms with Gasteiger partial charge in [-0.2, -0.15) is 5.10 Å². The highest BCUT2D eigenvalue weighted by Crippen LogP contribution is 2.11. The van der Waals surface area contributed by atoms with Crippen LogP contribution in [0.1, 0.15) is 26.5 Å². The standard InChI is InChI=1S/C9H15N3O/c1-4-12-8(13)6-5-7(11-12)9(2,3)10/h5-6H,4,10H2,1-3H3. The summed E-state index contributed by atoms with van der Waals surface area (Å²) in [6, 6.07) is 3.18. The van der Waals surface area contributed by atoms with Gasteiger partial charge >= 0.3 is 0 Å². The maximum atomic E-state index is 11.2. The molecule has 13 heavy (non-hydrogen) atoms. The molecule has 0 fully saturated rings. The Hall–Kier alpha value is -1.16. The van der Waals surface area contributed by atoms with Crippen LogP contribution in [-0.2, 0) is 12.1 Å². The molecule has 0 saturated heterocycles. The first-order valence-electron chi connectivity index (χ1n) is 4.32. The lowest BCUT2D eigenvalue weighted by Crippen LogP contribution is -2.33. The quantitative estimate of drug-likeness (QED) is 0.721. The number of aryl methyl sites for hydroxylation is 1. The molecule has 0 amide bonds. The Labute approximate surface area is 77.4 Å². The van der Waals surface area contributed by atoms with Crippen LogP contribution in [0.2, 0.25) is 0 Å². The van der Waals surface area contributed by atoms with Gasteiger partial charge in [0.2, 0.25) is 0 Å². The molecule has 0 saturated carbocycles. The van der Waals surface area contributed by atoms with Crippen molar-refractivity contribution in [2.75, 3.05) is 0 Å². The van der Waals surface area contributed by atoms with Crippen LogP contribution < -0.4 is 11.3 Å². The first-order chi connectivity index (χ1) is 5.95. The molecule has 0 spiro atoms. The third-order valence-corrected chi connectivity index (χ3v) is 1.83. The Morgan fingerprint density at radius 1 is 1.54 bits per heavy atom. The fraction of sp³-hybridized carbons (Fsp3) is 0.556. The number of hydrogen-bond donors (Lipinski definition) is 1. The molecule has 0 atom stereocenters. The molecule has 1 aromatic rings. The van der Waals surface area contributed by atoms with E-state index < -0.39 is 5.54 Å². The number of rotatable bonds is 2. The minimum atomic E-state index is -0.495. The van der Waals surface area contributed by atoms with Gasteiger partial charge in [0.1, 0.15) is 0 Å². The van der Waals surface area contributed by atoms with Crippen molar-refractivity contribution in [2.45, 2.75) is 32.9 Å². The van der Waals surface area contributed by atoms with E-state index in [1.807, 2.05) is 20.8 Å². The van der Waals surface area contributed by atoms with Gasteiger partial charge in [0.25, 0.3) is 5.56 Å². The second-order valence-corrected chi connectivity index (χ2v) is 3.59. The van der Waals surface area contributed by atoms with Crippen LogP contribution in [0.4, 0.5) is 0 Å². The van der Waals surface area contributed by atoms with Crippen molar-refractivity contribution >= 4 is 0 Å². The Balaban J connectivity index is 3.22. The molecule has 4 nitrogen and oxygen atoms in total. The smallest absolute Gasteiger partial charge is 0.266 e. The number of nitrogens with zero attached hydrogens (tertiary/aromatic N) is 2. The van der Waals surface area contributed by atoms with E-state index in [9.17, 15) is 4.79 Å². The lowest BCUT2D eigenvalue weighted by molar-refractivity contribution is 0.490. The van der Waals surface area contributed by atoms with Crippen LogP contribution in [0.25, 0.3) is 0 Å². The Morgan fingerprint density at radius 3 is 2.62 bits per heavy atom. The van der Waals surface area contributed by atoms with Crippen LogP contribution in [0.15, 0.2) is 16.9 Å². The normalized spacial score (nSPS) is 11.7. The van der Waals surface area contributed by atoms with Crippen molar-refractivity contribution in [1.82, 2.24) is 9.78 Å². The van der Waals surface area contributed by atoms with E-state index in [-0.39, 0.29) is 5.56 Å². The average Bonchev–Trinajstić information content (AvgIpc) is 2.03. The van der Waals surface area contributed by atoms with Gasteiger partial charge in [0.05, 0.1) is 11.2 Å². The zero-order chi connectivity index (χ0) is 10.1. The molecule has 72 valence electrons. The van der Waals surface area contributed by atoms with E-state index >= 15 is 0 Å². The molecule has 0 bridgehead atoms. The summed E-state index contributed by atoms with van der Waals surface area (Å²) in [6.45, 7) is 6.17. The van der Waals surface area contributed by atoms with Crippen LogP contribution in [-0.4, -0.2) is 9.78 Å². The summed E-state index contributed by atoms with van der Waals surface area (Å²) in [7, 11) is 0. The van der Waals surface area contributed by atoms with Crippen molar-refractivity contribution in [3.8, 4) is 0 Å². The molecule has 0 radical (unpaired) electrons. The lowest BCUT2D eigenvalue weighted by atomic mass is 10.0. The third kappa shape index (κ3) is 2.15. The van der Waals surface area contributed by atoms with Crippen LogP contribution in [0.3, 0.4) is 0 Å². The maximum Gasteiger partial charge on any atom is 0.266 e. The predicted octanol–water partition coefficient (Wildman–Crippen LogP) is 0.457. The third-order valence-electron chi connectivity index (χ3n) is 1.83. The van der Waals surface area contributed by atoms with Crippen LogP contribution in [0, 0.1) is 0 Å². The summed E-state index contributed by atoms with van der Waals surface area (Å²) in [5.41, 5.74) is 6.00. The summed E-state index contributed by atoms with van der Waals surface area (Å²) in [6.07, 6.45) is 0. The van der Waals surface area contributed by atoms with Gasteiger partial charge in [0.15, 0.2) is 0 Å². The molecular formula is C9H15N3O. The molecule has 0 aliphatic heterocycles. The SMILES string of the molecule is CCn1nc(C(C)(C)N)ccc1=O. The zero-order valence-electron chi connectivity index (χ0n) is 8.24. The second kappa shape index (κ2) is 3.30. The van der Waals surface area contributed by atoms with Gasteiger partial charge in [-0.05, 0) is 26.8 Å². The zero-order valence-corrected chi connectivity index (χ0v) is 8.24. The molecule has 0 aromatic carbocycles. The van der Waals surface area contributed by atoms with Gasteiger partial charge in [0, 0.05) is 12.6 Å². The highest BCUT2D eigenvalue weighted by atomic mass is 16.1. The van der Waals surface area contributed by atoms with Gasteiger partial charge in [-0.15, -0.1) is 0 Å². The van der Waals surface area contributed by atoms with E-state index in [4.69, 9.17) is 5.73 Å². The number of aromatic nitrogens is 2. The maximum absolute atomic E-state index is 11.2. The van der Waals surface area contributed by atoms with E-state index in [0.717, 1.165) is 5.69 Å². The minimum absolute atomic E-state index is 0.0875. The lowest BCUT2D eigenvalue weighted by Gasteiger charge is -2.18. The summed E-state index contributed by atoms with van der Waals surface area (Å²) >= 11 is 0. The van der Waals surface area contributed by atoms with Crippen LogP contribution in [0.5, 0.6) is 0 Å². The average molecular weight is 181 g/mol. The van der Waals surface area contributed by atoms with E-state index in [0.29, 0.717) is 6.54 Å². The second-order valence-electron chi connectivity index (χ2n) is 3.59. The van der Waals surface area contributed by atoms with Gasteiger partial charge in [-0.1, -0.05) is 0 Å². The monoisotopic (exact) mass is 181 g/mol. The van der Waals surface area contributed by atoms with Gasteiger partial charge in [-0.25, -0.2) is 4.68 Å². The highest BCUT2D eigenvalue weighted by molar-refractivity contribution is 5.09. The van der Waals surface area contributed by atoms with Crippen molar-refractivity contribution in [3.05, 3.63) is 28.2 Å². The molecule has 0 aliphatic rings. The molecule has 0 unspecified atom stereocenters. The minimum Gasteiger partial charge on any atom is -0.321 e. The predicted molar refractivity (Wildman–Crippen MR) is 51.4 cm³/mol. The van der Waals surface area contributed by atoms with Gasteiger partial charge < -0.3 is 5.73 Å². The van der Waals surface area contributed by atoms with Crippen molar-refractivity contribution in [1.29, 1.82) is 0 Å². The van der Waals surface area contributed by atoms with Crippen LogP contribution >= 0.6 is 0 Å². The first kappa shape index (κ1) is 9.92. The number of hydrogen-bond acceptors (Lipinski definition) is 3. The molecular weight excluding hydrogens is 166 g/mol. The summed E-state index contributed by atoms with van der Waals surface area (Å²) in [5.74, 6) is 0. The molecule has 1 heterocycles.